The van der Waals surface area contributed by atoms with E-state index in [1.54, 1.807) is 7.11 Å². The first-order chi connectivity index (χ1) is 16.1. The predicted octanol–water partition coefficient (Wildman–Crippen LogP) is 2.32. The summed E-state index contributed by atoms with van der Waals surface area (Å²) in [5.74, 6) is 0.957. The maximum Gasteiger partial charge on any atom is 0.324 e. The number of methoxy groups -OCH3 is 1. The van der Waals surface area contributed by atoms with Crippen LogP contribution in [0.4, 0.5) is 4.79 Å². The second-order valence-corrected chi connectivity index (χ2v) is 9.40. The predicted molar refractivity (Wildman–Crippen MR) is 125 cm³/mol. The lowest BCUT2D eigenvalue weighted by Gasteiger charge is -2.44. The van der Waals surface area contributed by atoms with Gasteiger partial charge in [-0.25, -0.2) is 4.79 Å². The lowest BCUT2D eigenvalue weighted by molar-refractivity contribution is -0.127. The Morgan fingerprint density at radius 3 is 2.82 bits per heavy atom. The Hall–Kier alpha value is -2.61. The number of hydrogen-bond acceptors (Lipinski definition) is 5. The molecule has 0 saturated carbocycles. The molecule has 3 fully saturated rings. The standard InChI is InChI=1S/C25H36N4O4/c1-33-22-10-3-2-7-18(22)13-16-29-24(31)20(27-25(29)32)11-12-23(30)26-17-19-8-6-15-28-14-5-4-9-21(19)28/h2-3,7,10,19-21H,4-6,8-9,11-17H2,1H3,(H,26,30)(H,27,32)/t19-,20-,21?/m0/s1. The van der Waals surface area contributed by atoms with Crippen molar-refractivity contribution in [1.29, 1.82) is 0 Å². The third kappa shape index (κ3) is 5.66. The molecule has 33 heavy (non-hydrogen) atoms. The van der Waals surface area contributed by atoms with E-state index in [-0.39, 0.29) is 30.8 Å². The lowest BCUT2D eigenvalue weighted by atomic mass is 9.83. The van der Waals surface area contributed by atoms with Crippen molar-refractivity contribution >= 4 is 17.8 Å². The van der Waals surface area contributed by atoms with Crippen LogP contribution in [-0.2, 0) is 16.0 Å². The van der Waals surface area contributed by atoms with Gasteiger partial charge in [0.15, 0.2) is 0 Å². The van der Waals surface area contributed by atoms with Crippen molar-refractivity contribution in [2.24, 2.45) is 5.92 Å². The topological polar surface area (TPSA) is 91.0 Å². The summed E-state index contributed by atoms with van der Waals surface area (Å²) in [5.41, 5.74) is 0.947. The Morgan fingerprint density at radius 1 is 1.15 bits per heavy atom. The Morgan fingerprint density at radius 2 is 1.97 bits per heavy atom. The largest absolute Gasteiger partial charge is 0.496 e. The highest BCUT2D eigenvalue weighted by molar-refractivity contribution is 6.04. The molecule has 1 unspecified atom stereocenters. The number of urea groups is 1. The molecule has 8 heteroatoms. The van der Waals surface area contributed by atoms with E-state index in [1.807, 2.05) is 24.3 Å². The zero-order valence-corrected chi connectivity index (χ0v) is 19.6. The summed E-state index contributed by atoms with van der Waals surface area (Å²) < 4.78 is 5.35. The molecule has 0 radical (unpaired) electrons. The molecule has 3 aliphatic rings. The third-order valence-electron chi connectivity index (χ3n) is 7.35. The Labute approximate surface area is 196 Å². The number of piperidine rings is 2. The average molecular weight is 457 g/mol. The fraction of sp³-hybridized carbons (Fsp3) is 0.640. The van der Waals surface area contributed by atoms with Gasteiger partial charge in [0.05, 0.1) is 7.11 Å². The van der Waals surface area contributed by atoms with Crippen LogP contribution in [0.3, 0.4) is 0 Å². The number of nitrogens with one attached hydrogen (secondary N) is 2. The molecule has 0 aromatic heterocycles. The van der Waals surface area contributed by atoms with Crippen LogP contribution >= 0.6 is 0 Å². The summed E-state index contributed by atoms with van der Waals surface area (Å²) in [7, 11) is 1.60. The summed E-state index contributed by atoms with van der Waals surface area (Å²) in [6.07, 6.45) is 7.24. The quantitative estimate of drug-likeness (QED) is 0.557. The van der Waals surface area contributed by atoms with Crippen molar-refractivity contribution in [1.82, 2.24) is 20.4 Å². The van der Waals surface area contributed by atoms with Gasteiger partial charge >= 0.3 is 6.03 Å². The van der Waals surface area contributed by atoms with E-state index in [2.05, 4.69) is 15.5 Å². The molecule has 3 atom stereocenters. The van der Waals surface area contributed by atoms with Crippen LogP contribution < -0.4 is 15.4 Å². The molecular weight excluding hydrogens is 420 g/mol. The second kappa shape index (κ2) is 11.0. The van der Waals surface area contributed by atoms with Crippen molar-refractivity contribution in [3.63, 3.8) is 0 Å². The number of carbonyl (C=O) groups excluding carboxylic acids is 3. The van der Waals surface area contributed by atoms with Crippen LogP contribution in [0.5, 0.6) is 5.75 Å². The number of nitrogens with zero attached hydrogens (tertiary/aromatic N) is 2. The van der Waals surface area contributed by atoms with Gasteiger partial charge in [-0.1, -0.05) is 24.6 Å². The number of fused-ring (bicyclic) bond motifs is 1. The van der Waals surface area contributed by atoms with Crippen LogP contribution in [0.2, 0.25) is 0 Å². The molecule has 0 bridgehead atoms. The fourth-order valence-electron chi connectivity index (χ4n) is 5.55. The van der Waals surface area contributed by atoms with Crippen LogP contribution in [-0.4, -0.2) is 73.0 Å². The molecule has 8 nitrogen and oxygen atoms in total. The number of para-hydroxylation sites is 1. The summed E-state index contributed by atoms with van der Waals surface area (Å²) in [6.45, 7) is 3.36. The van der Waals surface area contributed by atoms with Gasteiger partial charge in [-0.05, 0) is 69.2 Å². The zero-order valence-electron chi connectivity index (χ0n) is 19.6. The van der Waals surface area contributed by atoms with Crippen molar-refractivity contribution in [2.45, 2.75) is 63.5 Å². The van der Waals surface area contributed by atoms with Crippen LogP contribution in [0.1, 0.15) is 50.5 Å². The molecular formula is C25H36N4O4. The minimum atomic E-state index is -0.635. The van der Waals surface area contributed by atoms with E-state index < -0.39 is 6.04 Å². The van der Waals surface area contributed by atoms with Gasteiger partial charge in [-0.15, -0.1) is 0 Å². The molecule has 4 amide bonds. The van der Waals surface area contributed by atoms with Gasteiger partial charge in [0, 0.05) is 25.6 Å². The highest BCUT2D eigenvalue weighted by Crippen LogP contribution is 2.30. The number of imide groups is 1. The average Bonchev–Trinajstić information content (AvgIpc) is 3.12. The van der Waals surface area contributed by atoms with Gasteiger partial charge < -0.3 is 20.3 Å². The highest BCUT2D eigenvalue weighted by atomic mass is 16.5. The normalized spacial score (nSPS) is 25.5. The van der Waals surface area contributed by atoms with Crippen LogP contribution in [0, 0.1) is 5.92 Å². The van der Waals surface area contributed by atoms with Gasteiger partial charge in [0.25, 0.3) is 5.91 Å². The van der Waals surface area contributed by atoms with Crippen LogP contribution in [0.25, 0.3) is 0 Å². The maximum atomic E-state index is 12.7. The third-order valence-corrected chi connectivity index (χ3v) is 7.35. The molecule has 1 aromatic carbocycles. The number of hydrogen-bond donors (Lipinski definition) is 2. The van der Waals surface area contributed by atoms with E-state index >= 15 is 0 Å². The Balaban J connectivity index is 1.21. The van der Waals surface area contributed by atoms with E-state index in [0.29, 0.717) is 31.3 Å². The van der Waals surface area contributed by atoms with E-state index in [1.165, 1.54) is 50.1 Å². The number of carbonyl (C=O) groups is 3. The fourth-order valence-corrected chi connectivity index (χ4v) is 5.55. The lowest BCUT2D eigenvalue weighted by Crippen LogP contribution is -2.51. The van der Waals surface area contributed by atoms with E-state index in [0.717, 1.165) is 11.3 Å². The van der Waals surface area contributed by atoms with Gasteiger partial charge in [-0.3, -0.25) is 14.5 Å². The minimum Gasteiger partial charge on any atom is -0.496 e. The maximum absolute atomic E-state index is 12.7. The Bertz CT molecular complexity index is 859. The molecule has 0 spiro atoms. The molecule has 3 saturated heterocycles. The molecule has 4 rings (SSSR count). The smallest absolute Gasteiger partial charge is 0.324 e. The highest BCUT2D eigenvalue weighted by Gasteiger charge is 2.38. The molecule has 2 N–H and O–H groups in total. The first-order valence-electron chi connectivity index (χ1n) is 12.3. The summed E-state index contributed by atoms with van der Waals surface area (Å²) >= 11 is 0. The first kappa shape index (κ1) is 23.5. The van der Waals surface area contributed by atoms with Gasteiger partial charge in [-0.2, -0.15) is 0 Å². The zero-order chi connectivity index (χ0) is 23.2. The SMILES string of the molecule is COc1ccccc1CCN1C(=O)N[C@@H](CCC(=O)NC[C@@H]2CCCN3CCCCC23)C1=O. The van der Waals surface area contributed by atoms with Crippen LogP contribution in [0.15, 0.2) is 24.3 Å². The van der Waals surface area contributed by atoms with Crippen molar-refractivity contribution in [3.05, 3.63) is 29.8 Å². The Kier molecular flexibility index (Phi) is 7.85. The number of ether oxygens (including phenoxy) is 1. The molecule has 3 heterocycles. The minimum absolute atomic E-state index is 0.0440. The monoisotopic (exact) mass is 456 g/mol. The van der Waals surface area contributed by atoms with E-state index in [9.17, 15) is 14.4 Å². The van der Waals surface area contributed by atoms with Crippen molar-refractivity contribution in [3.8, 4) is 5.75 Å². The number of rotatable bonds is 9. The second-order valence-electron chi connectivity index (χ2n) is 9.40. The molecule has 180 valence electrons. The molecule has 0 aliphatic carbocycles. The summed E-state index contributed by atoms with van der Waals surface area (Å²) in [6, 6.07) is 7.16. The number of benzene rings is 1. The van der Waals surface area contributed by atoms with Gasteiger partial charge in [0.1, 0.15) is 11.8 Å². The molecule has 3 aliphatic heterocycles. The summed E-state index contributed by atoms with van der Waals surface area (Å²) in [4.78, 5) is 41.4. The molecule has 1 aromatic rings. The number of amides is 4. The van der Waals surface area contributed by atoms with Crippen molar-refractivity contribution in [2.75, 3.05) is 33.3 Å². The first-order valence-corrected chi connectivity index (χ1v) is 12.3. The summed E-state index contributed by atoms with van der Waals surface area (Å²) in [5, 5.41) is 5.83. The van der Waals surface area contributed by atoms with E-state index in [4.69, 9.17) is 4.74 Å². The van der Waals surface area contributed by atoms with Crippen molar-refractivity contribution < 1.29 is 19.1 Å². The van der Waals surface area contributed by atoms with Gasteiger partial charge in [0.2, 0.25) is 5.91 Å².